The van der Waals surface area contributed by atoms with E-state index < -0.39 is 0 Å². The molecule has 0 fully saturated rings. The van der Waals surface area contributed by atoms with Crippen molar-refractivity contribution >= 4 is 43.9 Å². The maximum atomic E-state index is 9.70. The van der Waals surface area contributed by atoms with Crippen LogP contribution in [0.2, 0.25) is 5.15 Å². The molecule has 6 rings (SSSR count). The number of hydrogen-bond donors (Lipinski definition) is 0. The molecule has 0 saturated heterocycles. The molecule has 0 N–H and O–H groups in total. The number of rotatable bonds is 2. The maximum Gasteiger partial charge on any atom is 0.148 e. The Balaban J connectivity index is 1.69. The molecule has 1 heterocycles. The van der Waals surface area contributed by atoms with Gasteiger partial charge in [0.1, 0.15) is 11.2 Å². The molecule has 6 aromatic rings. The van der Waals surface area contributed by atoms with Gasteiger partial charge in [0.2, 0.25) is 0 Å². The van der Waals surface area contributed by atoms with Crippen molar-refractivity contribution in [1.82, 2.24) is 4.98 Å². The van der Waals surface area contributed by atoms with Crippen molar-refractivity contribution in [3.05, 3.63) is 102 Å². The lowest BCUT2D eigenvalue weighted by molar-refractivity contribution is 1.30. The van der Waals surface area contributed by atoms with Crippen molar-refractivity contribution < 1.29 is 0 Å². The Kier molecular flexibility index (Phi) is 3.93. The Bertz CT molecular complexity index is 1630. The van der Waals surface area contributed by atoms with Crippen molar-refractivity contribution in [1.29, 1.82) is 5.26 Å². The van der Waals surface area contributed by atoms with Gasteiger partial charge in [0.15, 0.2) is 0 Å². The molecule has 31 heavy (non-hydrogen) atoms. The fourth-order valence-electron chi connectivity index (χ4n) is 4.56. The van der Waals surface area contributed by atoms with Gasteiger partial charge in [-0.1, -0.05) is 96.5 Å². The SMILES string of the molecule is N#Cc1c(-c2ccccc2)cc(-c2ccc3ccc4cccc5ccc2c3c45)nc1Cl. The van der Waals surface area contributed by atoms with Gasteiger partial charge in [-0.2, -0.15) is 5.26 Å². The van der Waals surface area contributed by atoms with Gasteiger partial charge in [-0.25, -0.2) is 4.98 Å². The predicted molar refractivity (Wildman–Crippen MR) is 129 cm³/mol. The Labute approximate surface area is 184 Å². The molecule has 0 atom stereocenters. The summed E-state index contributed by atoms with van der Waals surface area (Å²) in [7, 11) is 0. The Hall–Kier alpha value is -3.93. The lowest BCUT2D eigenvalue weighted by atomic mass is 9.90. The van der Waals surface area contributed by atoms with Gasteiger partial charge in [0.05, 0.1) is 11.3 Å². The number of pyridine rings is 1. The van der Waals surface area contributed by atoms with E-state index in [-0.39, 0.29) is 5.15 Å². The average Bonchev–Trinajstić information content (AvgIpc) is 2.82. The molecule has 0 spiro atoms. The molecule has 0 aliphatic rings. The van der Waals surface area contributed by atoms with Crippen LogP contribution in [-0.2, 0) is 0 Å². The van der Waals surface area contributed by atoms with Crippen molar-refractivity contribution in [2.75, 3.05) is 0 Å². The average molecular weight is 415 g/mol. The molecule has 1 aromatic heterocycles. The Morgan fingerprint density at radius 3 is 2.10 bits per heavy atom. The van der Waals surface area contributed by atoms with E-state index in [1.54, 1.807) is 0 Å². The van der Waals surface area contributed by atoms with E-state index in [4.69, 9.17) is 11.6 Å². The van der Waals surface area contributed by atoms with Crippen molar-refractivity contribution in [3.63, 3.8) is 0 Å². The lowest BCUT2D eigenvalue weighted by Crippen LogP contribution is -1.94. The summed E-state index contributed by atoms with van der Waals surface area (Å²) < 4.78 is 0. The van der Waals surface area contributed by atoms with Crippen LogP contribution >= 0.6 is 11.6 Å². The number of benzene rings is 5. The monoisotopic (exact) mass is 414 g/mol. The molecule has 0 aliphatic carbocycles. The Morgan fingerprint density at radius 1 is 0.677 bits per heavy atom. The highest BCUT2D eigenvalue weighted by atomic mass is 35.5. The summed E-state index contributed by atoms with van der Waals surface area (Å²) in [5.74, 6) is 0. The third kappa shape index (κ3) is 2.68. The molecule has 0 aliphatic heterocycles. The zero-order chi connectivity index (χ0) is 20.9. The number of aromatic nitrogens is 1. The second kappa shape index (κ2) is 6.80. The van der Waals surface area contributed by atoms with Crippen LogP contribution in [0.4, 0.5) is 0 Å². The number of nitrogens with zero attached hydrogens (tertiary/aromatic N) is 2. The smallest absolute Gasteiger partial charge is 0.148 e. The number of halogens is 1. The van der Waals surface area contributed by atoms with Crippen LogP contribution in [0, 0.1) is 11.3 Å². The van der Waals surface area contributed by atoms with Gasteiger partial charge in [0.25, 0.3) is 0 Å². The third-order valence-corrected chi connectivity index (χ3v) is 6.25. The van der Waals surface area contributed by atoms with Crippen LogP contribution in [0.5, 0.6) is 0 Å². The van der Waals surface area contributed by atoms with Crippen LogP contribution in [0.1, 0.15) is 5.56 Å². The summed E-state index contributed by atoms with van der Waals surface area (Å²) in [6, 6.07) is 33.4. The van der Waals surface area contributed by atoms with Crippen molar-refractivity contribution in [2.45, 2.75) is 0 Å². The van der Waals surface area contributed by atoms with E-state index >= 15 is 0 Å². The summed E-state index contributed by atoms with van der Waals surface area (Å²) in [5, 5.41) is 17.2. The molecular formula is C28H15ClN2. The van der Waals surface area contributed by atoms with Crippen LogP contribution in [0.25, 0.3) is 54.7 Å². The lowest BCUT2D eigenvalue weighted by Gasteiger charge is -2.15. The first-order valence-electron chi connectivity index (χ1n) is 10.1. The number of hydrogen-bond acceptors (Lipinski definition) is 2. The molecule has 0 unspecified atom stereocenters. The zero-order valence-electron chi connectivity index (χ0n) is 16.4. The minimum Gasteiger partial charge on any atom is -0.235 e. The van der Waals surface area contributed by atoms with Crippen LogP contribution in [0.15, 0.2) is 91.0 Å². The fraction of sp³-hybridized carbons (Fsp3) is 0. The second-order valence-electron chi connectivity index (χ2n) is 7.67. The highest BCUT2D eigenvalue weighted by Crippen LogP contribution is 2.40. The van der Waals surface area contributed by atoms with Crippen molar-refractivity contribution in [2.24, 2.45) is 0 Å². The zero-order valence-corrected chi connectivity index (χ0v) is 17.2. The standard InChI is InChI=1S/C28H15ClN2/c29-28-24(16-30)23(17-5-2-1-3-6-17)15-25(31-28)21-13-11-20-10-9-18-7-4-8-19-12-14-22(21)27(20)26(18)19/h1-15H. The molecule has 0 radical (unpaired) electrons. The minimum atomic E-state index is 0.226. The predicted octanol–water partition coefficient (Wildman–Crippen LogP) is 7.84. The van der Waals surface area contributed by atoms with Gasteiger partial charge in [-0.05, 0) is 43.9 Å². The molecular weight excluding hydrogens is 400 g/mol. The summed E-state index contributed by atoms with van der Waals surface area (Å²) in [4.78, 5) is 4.63. The topological polar surface area (TPSA) is 36.7 Å². The normalized spacial score (nSPS) is 11.4. The molecule has 0 saturated carbocycles. The molecule has 2 nitrogen and oxygen atoms in total. The van der Waals surface area contributed by atoms with Crippen LogP contribution in [-0.4, -0.2) is 4.98 Å². The molecule has 5 aromatic carbocycles. The van der Waals surface area contributed by atoms with Gasteiger partial charge < -0.3 is 0 Å². The van der Waals surface area contributed by atoms with Gasteiger partial charge in [0, 0.05) is 11.1 Å². The molecule has 0 bridgehead atoms. The van der Waals surface area contributed by atoms with E-state index in [0.717, 1.165) is 27.8 Å². The fourth-order valence-corrected chi connectivity index (χ4v) is 4.80. The highest BCUT2D eigenvalue weighted by molar-refractivity contribution is 6.31. The van der Waals surface area contributed by atoms with Gasteiger partial charge >= 0.3 is 0 Å². The van der Waals surface area contributed by atoms with Crippen LogP contribution in [0.3, 0.4) is 0 Å². The first-order valence-corrected chi connectivity index (χ1v) is 10.5. The van der Waals surface area contributed by atoms with E-state index in [9.17, 15) is 5.26 Å². The first-order chi connectivity index (χ1) is 15.2. The van der Waals surface area contributed by atoms with E-state index in [0.29, 0.717) is 5.56 Å². The van der Waals surface area contributed by atoms with Gasteiger partial charge in [-0.15, -0.1) is 0 Å². The van der Waals surface area contributed by atoms with Crippen LogP contribution < -0.4 is 0 Å². The Morgan fingerprint density at radius 2 is 1.35 bits per heavy atom. The molecule has 3 heteroatoms. The molecule has 144 valence electrons. The second-order valence-corrected chi connectivity index (χ2v) is 8.03. The van der Waals surface area contributed by atoms with E-state index in [1.807, 2.05) is 36.4 Å². The minimum absolute atomic E-state index is 0.226. The largest absolute Gasteiger partial charge is 0.235 e. The maximum absolute atomic E-state index is 9.70. The number of nitriles is 1. The third-order valence-electron chi connectivity index (χ3n) is 5.98. The first kappa shape index (κ1) is 17.9. The summed E-state index contributed by atoms with van der Waals surface area (Å²) in [6.07, 6.45) is 0. The van der Waals surface area contributed by atoms with E-state index in [1.165, 1.54) is 26.9 Å². The highest BCUT2D eigenvalue weighted by Gasteiger charge is 2.17. The van der Waals surface area contributed by atoms with Crippen molar-refractivity contribution in [3.8, 4) is 28.5 Å². The summed E-state index contributed by atoms with van der Waals surface area (Å²) >= 11 is 6.50. The quantitative estimate of drug-likeness (QED) is 0.214. The van der Waals surface area contributed by atoms with Gasteiger partial charge in [-0.3, -0.25) is 0 Å². The summed E-state index contributed by atoms with van der Waals surface area (Å²) in [5.41, 5.74) is 3.91. The summed E-state index contributed by atoms with van der Waals surface area (Å²) in [6.45, 7) is 0. The van der Waals surface area contributed by atoms with E-state index in [2.05, 4.69) is 65.7 Å². The molecule has 0 amide bonds.